The van der Waals surface area contributed by atoms with Crippen molar-refractivity contribution in [3.05, 3.63) is 71.0 Å². The molecule has 1 aliphatic rings. The topological polar surface area (TPSA) is 125 Å². The van der Waals surface area contributed by atoms with Gasteiger partial charge in [-0.1, -0.05) is 37.1 Å². The molecule has 0 unspecified atom stereocenters. The highest BCUT2D eigenvalue weighted by atomic mass is 16.5. The first-order valence-corrected chi connectivity index (χ1v) is 10.7. The molecule has 0 spiro atoms. The van der Waals surface area contributed by atoms with Crippen LogP contribution in [0.15, 0.2) is 48.5 Å². The SMILES string of the molecule is COc1ccccc1C(=O)NCc1ccc(-n2nc(C3CCCC3)c(N)c2C(N)=O)cc1. The average Bonchev–Trinajstić information content (AvgIpc) is 3.45. The van der Waals surface area contributed by atoms with E-state index in [1.165, 1.54) is 11.8 Å². The van der Waals surface area contributed by atoms with Crippen molar-refractivity contribution in [1.29, 1.82) is 0 Å². The molecule has 1 aliphatic carbocycles. The van der Waals surface area contributed by atoms with Crippen LogP contribution < -0.4 is 21.5 Å². The monoisotopic (exact) mass is 433 g/mol. The van der Waals surface area contributed by atoms with Gasteiger partial charge in [-0.25, -0.2) is 4.68 Å². The molecule has 0 aliphatic heterocycles. The molecule has 8 heteroatoms. The number of rotatable bonds is 7. The molecular formula is C24H27N5O3. The second-order valence-electron chi connectivity index (χ2n) is 7.95. The van der Waals surface area contributed by atoms with Gasteiger partial charge in [-0.15, -0.1) is 0 Å². The van der Waals surface area contributed by atoms with Crippen LogP contribution in [0.5, 0.6) is 5.75 Å². The lowest BCUT2D eigenvalue weighted by atomic mass is 10.0. The second kappa shape index (κ2) is 9.13. The largest absolute Gasteiger partial charge is 0.496 e. The summed E-state index contributed by atoms with van der Waals surface area (Å²) in [5, 5.41) is 7.55. The van der Waals surface area contributed by atoms with E-state index in [0.29, 0.717) is 29.2 Å². The molecule has 1 fully saturated rings. The number of primary amides is 1. The van der Waals surface area contributed by atoms with Crippen molar-refractivity contribution in [2.24, 2.45) is 5.73 Å². The number of aromatic nitrogens is 2. The van der Waals surface area contributed by atoms with E-state index in [9.17, 15) is 9.59 Å². The van der Waals surface area contributed by atoms with Crippen molar-refractivity contribution in [1.82, 2.24) is 15.1 Å². The number of hydrogen-bond acceptors (Lipinski definition) is 5. The molecule has 0 saturated heterocycles. The van der Waals surface area contributed by atoms with Crippen LogP contribution >= 0.6 is 0 Å². The smallest absolute Gasteiger partial charge is 0.269 e. The van der Waals surface area contributed by atoms with Crippen molar-refractivity contribution < 1.29 is 14.3 Å². The van der Waals surface area contributed by atoms with Gasteiger partial charge in [0.2, 0.25) is 0 Å². The zero-order chi connectivity index (χ0) is 22.7. The van der Waals surface area contributed by atoms with Gasteiger partial charge in [-0.3, -0.25) is 9.59 Å². The van der Waals surface area contributed by atoms with Crippen LogP contribution in [0, 0.1) is 0 Å². The number of benzene rings is 2. The summed E-state index contributed by atoms with van der Waals surface area (Å²) in [6.07, 6.45) is 4.31. The Bertz CT molecular complexity index is 1130. The van der Waals surface area contributed by atoms with Crippen molar-refractivity contribution >= 4 is 17.5 Å². The number of amides is 2. The lowest BCUT2D eigenvalue weighted by molar-refractivity contribution is 0.0946. The standard InChI is InChI=1S/C24H27N5O3/c1-32-19-9-5-4-8-18(19)24(31)27-14-15-10-12-17(13-11-15)29-22(23(26)30)20(25)21(28-29)16-6-2-3-7-16/h4-5,8-13,16H,2-3,6-7,14,25H2,1H3,(H2,26,30)(H,27,31). The number of nitrogens with zero attached hydrogens (tertiary/aromatic N) is 2. The predicted molar refractivity (Wildman–Crippen MR) is 122 cm³/mol. The fraction of sp³-hybridized carbons (Fsp3) is 0.292. The van der Waals surface area contributed by atoms with Crippen LogP contribution in [0.3, 0.4) is 0 Å². The molecule has 0 atom stereocenters. The first-order valence-electron chi connectivity index (χ1n) is 10.7. The predicted octanol–water partition coefficient (Wildman–Crippen LogP) is 3.15. The number of nitrogens with one attached hydrogen (secondary N) is 1. The average molecular weight is 434 g/mol. The molecule has 166 valence electrons. The minimum atomic E-state index is -0.604. The number of para-hydroxylation sites is 1. The number of methoxy groups -OCH3 is 1. The summed E-state index contributed by atoms with van der Waals surface area (Å²) in [5.74, 6) is -0.0385. The molecule has 8 nitrogen and oxygen atoms in total. The second-order valence-corrected chi connectivity index (χ2v) is 7.95. The van der Waals surface area contributed by atoms with Crippen LogP contribution in [-0.4, -0.2) is 28.7 Å². The van der Waals surface area contributed by atoms with E-state index >= 15 is 0 Å². The minimum absolute atomic E-state index is 0.212. The normalized spacial score (nSPS) is 13.8. The zero-order valence-electron chi connectivity index (χ0n) is 18.0. The van der Waals surface area contributed by atoms with E-state index < -0.39 is 5.91 Å². The van der Waals surface area contributed by atoms with Gasteiger partial charge in [0.15, 0.2) is 5.69 Å². The van der Waals surface area contributed by atoms with Crippen LogP contribution in [0.4, 0.5) is 5.69 Å². The van der Waals surface area contributed by atoms with Crippen molar-refractivity contribution in [3.63, 3.8) is 0 Å². The molecule has 1 aromatic heterocycles. The Morgan fingerprint density at radius 2 is 1.81 bits per heavy atom. The summed E-state index contributed by atoms with van der Waals surface area (Å²) >= 11 is 0. The maximum Gasteiger partial charge on any atom is 0.269 e. The molecule has 4 rings (SSSR count). The Hall–Kier alpha value is -3.81. The zero-order valence-corrected chi connectivity index (χ0v) is 18.0. The fourth-order valence-electron chi connectivity index (χ4n) is 4.24. The van der Waals surface area contributed by atoms with E-state index in [2.05, 4.69) is 10.4 Å². The van der Waals surface area contributed by atoms with E-state index in [-0.39, 0.29) is 17.5 Å². The first kappa shape index (κ1) is 21.4. The third-order valence-corrected chi connectivity index (χ3v) is 5.91. The maximum atomic E-state index is 12.5. The minimum Gasteiger partial charge on any atom is -0.496 e. The molecule has 0 bridgehead atoms. The van der Waals surface area contributed by atoms with Gasteiger partial charge >= 0.3 is 0 Å². The third-order valence-electron chi connectivity index (χ3n) is 5.91. The highest BCUT2D eigenvalue weighted by molar-refractivity contribution is 5.98. The maximum absolute atomic E-state index is 12.5. The molecule has 1 saturated carbocycles. The molecule has 1 heterocycles. The number of carbonyl (C=O) groups is 2. The Kier molecular flexibility index (Phi) is 6.11. The number of ether oxygens (including phenoxy) is 1. The molecular weight excluding hydrogens is 406 g/mol. The van der Waals surface area contributed by atoms with Crippen LogP contribution in [-0.2, 0) is 6.54 Å². The van der Waals surface area contributed by atoms with E-state index in [1.807, 2.05) is 30.3 Å². The molecule has 32 heavy (non-hydrogen) atoms. The van der Waals surface area contributed by atoms with Gasteiger partial charge < -0.3 is 21.5 Å². The van der Waals surface area contributed by atoms with Crippen molar-refractivity contribution in [3.8, 4) is 11.4 Å². The summed E-state index contributed by atoms with van der Waals surface area (Å²) in [6.45, 7) is 0.342. The molecule has 2 aromatic carbocycles. The third kappa shape index (κ3) is 4.16. The lowest BCUT2D eigenvalue weighted by Crippen LogP contribution is -2.23. The summed E-state index contributed by atoms with van der Waals surface area (Å²) in [4.78, 5) is 24.6. The Morgan fingerprint density at radius 3 is 2.47 bits per heavy atom. The quantitative estimate of drug-likeness (QED) is 0.528. The number of nitrogens with two attached hydrogens (primary N) is 2. The van der Waals surface area contributed by atoms with Gasteiger partial charge in [0.1, 0.15) is 5.75 Å². The van der Waals surface area contributed by atoms with Gasteiger partial charge in [0.25, 0.3) is 11.8 Å². The highest BCUT2D eigenvalue weighted by Gasteiger charge is 2.28. The number of nitrogen functional groups attached to an aromatic ring is 1. The number of hydrogen-bond donors (Lipinski definition) is 3. The summed E-state index contributed by atoms with van der Waals surface area (Å²) < 4.78 is 6.77. The number of carbonyl (C=O) groups excluding carboxylic acids is 2. The van der Waals surface area contributed by atoms with E-state index in [0.717, 1.165) is 36.9 Å². The van der Waals surface area contributed by atoms with Gasteiger partial charge in [-0.2, -0.15) is 5.10 Å². The number of anilines is 1. The molecule has 0 radical (unpaired) electrons. The van der Waals surface area contributed by atoms with Crippen LogP contribution in [0.2, 0.25) is 0 Å². The first-order chi connectivity index (χ1) is 15.5. The van der Waals surface area contributed by atoms with Crippen molar-refractivity contribution in [2.45, 2.75) is 38.1 Å². The lowest BCUT2D eigenvalue weighted by Gasteiger charge is -2.10. The van der Waals surface area contributed by atoms with Gasteiger partial charge in [-0.05, 0) is 42.7 Å². The summed E-state index contributed by atoms with van der Waals surface area (Å²) in [5.41, 5.74) is 15.3. The van der Waals surface area contributed by atoms with Crippen LogP contribution in [0.1, 0.15) is 63.7 Å². The van der Waals surface area contributed by atoms with Crippen LogP contribution in [0.25, 0.3) is 5.69 Å². The van der Waals surface area contributed by atoms with Crippen molar-refractivity contribution in [2.75, 3.05) is 12.8 Å². The molecule has 2 amide bonds. The summed E-state index contributed by atoms with van der Waals surface area (Å²) in [6, 6.07) is 14.5. The Labute approximate surface area is 186 Å². The van der Waals surface area contributed by atoms with Gasteiger partial charge in [0.05, 0.1) is 29.7 Å². The Morgan fingerprint density at radius 1 is 1.12 bits per heavy atom. The Balaban J connectivity index is 1.52. The van der Waals surface area contributed by atoms with E-state index in [4.69, 9.17) is 16.2 Å². The molecule has 3 aromatic rings. The van der Waals surface area contributed by atoms with Gasteiger partial charge in [0, 0.05) is 12.5 Å². The highest BCUT2D eigenvalue weighted by Crippen LogP contribution is 2.37. The summed E-state index contributed by atoms with van der Waals surface area (Å²) in [7, 11) is 1.53. The fourth-order valence-corrected chi connectivity index (χ4v) is 4.24. The van der Waals surface area contributed by atoms with E-state index in [1.54, 1.807) is 18.2 Å². The molecule has 5 N–H and O–H groups in total.